The van der Waals surface area contributed by atoms with Gasteiger partial charge in [-0.25, -0.2) is 0 Å². The van der Waals surface area contributed by atoms with Crippen LogP contribution in [0.2, 0.25) is 0 Å². The molecule has 24 heavy (non-hydrogen) atoms. The molecule has 1 aromatic carbocycles. The Morgan fingerprint density at radius 2 is 1.58 bits per heavy atom. The number of amides is 3. The van der Waals surface area contributed by atoms with Gasteiger partial charge < -0.3 is 20.6 Å². The van der Waals surface area contributed by atoms with Crippen molar-refractivity contribution in [1.29, 1.82) is 0 Å². The van der Waals surface area contributed by atoms with Crippen LogP contribution in [0.5, 0.6) is 0 Å². The SMILES string of the molecule is O=C(O)CNC(=O)c1cc2c(cc1CO)C(=O)N(CC(=O)O)C2=O. The number of nitrogens with one attached hydrogen (secondary N) is 1. The molecule has 0 saturated heterocycles. The Morgan fingerprint density at radius 3 is 2.08 bits per heavy atom. The first-order chi connectivity index (χ1) is 11.3. The highest BCUT2D eigenvalue weighted by atomic mass is 16.4. The number of fused-ring (bicyclic) bond motifs is 1. The fraction of sp³-hybridized carbons (Fsp3) is 0.214. The fourth-order valence-corrected chi connectivity index (χ4v) is 2.25. The van der Waals surface area contributed by atoms with Crippen molar-refractivity contribution in [2.75, 3.05) is 13.1 Å². The first kappa shape index (κ1) is 17.1. The minimum Gasteiger partial charge on any atom is -0.480 e. The number of imide groups is 1. The number of carboxylic acid groups (broad SMARTS) is 2. The Bertz CT molecular complexity index is 770. The number of carbonyl (C=O) groups is 5. The molecule has 1 aliphatic heterocycles. The van der Waals surface area contributed by atoms with E-state index in [2.05, 4.69) is 5.32 Å². The van der Waals surface area contributed by atoms with Gasteiger partial charge in [0.2, 0.25) is 0 Å². The van der Waals surface area contributed by atoms with E-state index >= 15 is 0 Å². The minimum absolute atomic E-state index is 0.00923. The van der Waals surface area contributed by atoms with Gasteiger partial charge in [0.1, 0.15) is 13.1 Å². The van der Waals surface area contributed by atoms with Crippen LogP contribution in [0, 0.1) is 0 Å². The number of aliphatic carboxylic acids is 2. The third-order valence-electron chi connectivity index (χ3n) is 3.30. The van der Waals surface area contributed by atoms with Crippen LogP contribution in [0.15, 0.2) is 12.1 Å². The monoisotopic (exact) mass is 336 g/mol. The highest BCUT2D eigenvalue weighted by Crippen LogP contribution is 2.26. The third kappa shape index (κ3) is 3.08. The van der Waals surface area contributed by atoms with Crippen molar-refractivity contribution in [3.63, 3.8) is 0 Å². The molecule has 0 saturated carbocycles. The molecule has 1 aromatic rings. The second-order valence-electron chi connectivity index (χ2n) is 4.88. The van der Waals surface area contributed by atoms with E-state index in [1.807, 2.05) is 0 Å². The van der Waals surface area contributed by atoms with Gasteiger partial charge in [0.05, 0.1) is 17.7 Å². The number of aliphatic hydroxyl groups excluding tert-OH is 1. The van der Waals surface area contributed by atoms with E-state index in [-0.39, 0.29) is 22.3 Å². The smallest absolute Gasteiger partial charge is 0.323 e. The summed E-state index contributed by atoms with van der Waals surface area (Å²) in [6.07, 6.45) is 0. The Kier molecular flexibility index (Phi) is 4.60. The summed E-state index contributed by atoms with van der Waals surface area (Å²) in [5, 5.41) is 28.7. The summed E-state index contributed by atoms with van der Waals surface area (Å²) >= 11 is 0. The van der Waals surface area contributed by atoms with Crippen LogP contribution in [0.3, 0.4) is 0 Å². The Balaban J connectivity index is 2.42. The largest absolute Gasteiger partial charge is 0.480 e. The minimum atomic E-state index is -1.38. The molecule has 1 aliphatic rings. The Morgan fingerprint density at radius 1 is 1.00 bits per heavy atom. The van der Waals surface area contributed by atoms with Gasteiger partial charge >= 0.3 is 11.9 Å². The first-order valence-corrected chi connectivity index (χ1v) is 6.62. The van der Waals surface area contributed by atoms with E-state index in [9.17, 15) is 29.1 Å². The average Bonchev–Trinajstić information content (AvgIpc) is 2.75. The maximum atomic E-state index is 12.1. The molecule has 10 heteroatoms. The fourth-order valence-electron chi connectivity index (χ4n) is 2.25. The van der Waals surface area contributed by atoms with E-state index in [1.165, 1.54) is 0 Å². The third-order valence-corrected chi connectivity index (χ3v) is 3.30. The van der Waals surface area contributed by atoms with Crippen LogP contribution in [0.1, 0.15) is 36.6 Å². The lowest BCUT2D eigenvalue weighted by atomic mass is 9.99. The molecule has 1 heterocycles. The molecule has 0 unspecified atom stereocenters. The summed E-state index contributed by atoms with van der Waals surface area (Å²) in [5.74, 6) is -5.24. The second kappa shape index (κ2) is 6.46. The van der Waals surface area contributed by atoms with Gasteiger partial charge in [0.25, 0.3) is 17.7 Å². The molecule has 0 bridgehead atoms. The lowest BCUT2D eigenvalue weighted by Crippen LogP contribution is -2.34. The van der Waals surface area contributed by atoms with Crippen molar-refractivity contribution in [2.45, 2.75) is 6.61 Å². The highest BCUT2D eigenvalue weighted by Gasteiger charge is 2.38. The number of aliphatic hydroxyl groups is 1. The summed E-state index contributed by atoms with van der Waals surface area (Å²) < 4.78 is 0. The van der Waals surface area contributed by atoms with Gasteiger partial charge in [-0.3, -0.25) is 28.9 Å². The van der Waals surface area contributed by atoms with Crippen LogP contribution < -0.4 is 5.32 Å². The second-order valence-corrected chi connectivity index (χ2v) is 4.88. The van der Waals surface area contributed by atoms with Crippen molar-refractivity contribution in [2.24, 2.45) is 0 Å². The number of benzene rings is 1. The van der Waals surface area contributed by atoms with Crippen molar-refractivity contribution in [3.8, 4) is 0 Å². The average molecular weight is 336 g/mol. The Labute approximate surface area is 134 Å². The van der Waals surface area contributed by atoms with Gasteiger partial charge in [-0.05, 0) is 17.7 Å². The van der Waals surface area contributed by atoms with Crippen LogP contribution in [0.4, 0.5) is 0 Å². The lowest BCUT2D eigenvalue weighted by molar-refractivity contribution is -0.137. The van der Waals surface area contributed by atoms with Crippen LogP contribution in [0.25, 0.3) is 0 Å². The highest BCUT2D eigenvalue weighted by molar-refractivity contribution is 6.23. The van der Waals surface area contributed by atoms with Gasteiger partial charge in [-0.15, -0.1) is 0 Å². The number of nitrogens with zero attached hydrogens (tertiary/aromatic N) is 1. The molecule has 4 N–H and O–H groups in total. The summed E-state index contributed by atoms with van der Waals surface area (Å²) in [6, 6.07) is 2.16. The van der Waals surface area contributed by atoms with Crippen LogP contribution in [-0.4, -0.2) is 63.0 Å². The van der Waals surface area contributed by atoms with Gasteiger partial charge in [0, 0.05) is 5.56 Å². The molecule has 0 aliphatic carbocycles. The van der Waals surface area contributed by atoms with E-state index in [0.717, 1.165) is 12.1 Å². The molecule has 0 fully saturated rings. The molecule has 0 aromatic heterocycles. The van der Waals surface area contributed by atoms with Crippen molar-refractivity contribution in [3.05, 3.63) is 34.4 Å². The zero-order valence-corrected chi connectivity index (χ0v) is 12.1. The van der Waals surface area contributed by atoms with E-state index in [0.29, 0.717) is 4.90 Å². The van der Waals surface area contributed by atoms with E-state index in [1.54, 1.807) is 0 Å². The van der Waals surface area contributed by atoms with Crippen LogP contribution in [-0.2, 0) is 16.2 Å². The summed E-state index contributed by atoms with van der Waals surface area (Å²) in [4.78, 5) is 58.0. The van der Waals surface area contributed by atoms with Crippen molar-refractivity contribution >= 4 is 29.7 Å². The molecular weight excluding hydrogens is 324 g/mol. The molecule has 0 spiro atoms. The number of carboxylic acids is 2. The maximum Gasteiger partial charge on any atom is 0.323 e. The summed E-state index contributed by atoms with van der Waals surface area (Å²) in [6.45, 7) is -2.14. The summed E-state index contributed by atoms with van der Waals surface area (Å²) in [7, 11) is 0. The Hall–Kier alpha value is -3.27. The molecular formula is C14H12N2O8. The van der Waals surface area contributed by atoms with E-state index in [4.69, 9.17) is 10.2 Å². The topological polar surface area (TPSA) is 161 Å². The summed E-state index contributed by atoms with van der Waals surface area (Å²) in [5.41, 5.74) is -0.468. The number of hydrogen-bond donors (Lipinski definition) is 4. The normalized spacial score (nSPS) is 13.0. The quantitative estimate of drug-likeness (QED) is 0.465. The standard InChI is InChI=1S/C14H12N2O8/c17-5-6-1-8-9(2-7(6)12(22)15-3-10(18)19)14(24)16(13(8)23)4-11(20)21/h1-2,17H,3-5H2,(H,15,22)(H,18,19)(H,20,21). The predicted molar refractivity (Wildman–Crippen MR) is 75.3 cm³/mol. The van der Waals surface area contributed by atoms with Crippen molar-refractivity contribution in [1.82, 2.24) is 10.2 Å². The van der Waals surface area contributed by atoms with Crippen molar-refractivity contribution < 1.29 is 39.3 Å². The maximum absolute atomic E-state index is 12.1. The van der Waals surface area contributed by atoms with Gasteiger partial charge in [0.15, 0.2) is 0 Å². The molecule has 0 atom stereocenters. The van der Waals surface area contributed by atoms with Gasteiger partial charge in [-0.1, -0.05) is 0 Å². The van der Waals surface area contributed by atoms with E-state index < -0.39 is 49.4 Å². The number of hydrogen-bond acceptors (Lipinski definition) is 6. The molecule has 3 amide bonds. The zero-order valence-electron chi connectivity index (χ0n) is 12.1. The van der Waals surface area contributed by atoms with Gasteiger partial charge in [-0.2, -0.15) is 0 Å². The lowest BCUT2D eigenvalue weighted by Gasteiger charge is -2.09. The number of carbonyl (C=O) groups excluding carboxylic acids is 3. The molecule has 0 radical (unpaired) electrons. The molecule has 126 valence electrons. The van der Waals surface area contributed by atoms with Crippen LogP contribution >= 0.6 is 0 Å². The first-order valence-electron chi connectivity index (χ1n) is 6.62. The molecule has 2 rings (SSSR count). The number of rotatable bonds is 6. The predicted octanol–water partition coefficient (Wildman–Crippen LogP) is -1.33. The zero-order chi connectivity index (χ0) is 18.0. The molecule has 10 nitrogen and oxygen atoms in total.